The van der Waals surface area contributed by atoms with Crippen molar-refractivity contribution in [3.63, 3.8) is 0 Å². The van der Waals surface area contributed by atoms with E-state index >= 15 is 0 Å². The summed E-state index contributed by atoms with van der Waals surface area (Å²) < 4.78 is 45.4. The molecule has 4 aromatic rings. The van der Waals surface area contributed by atoms with Crippen molar-refractivity contribution in [2.24, 2.45) is 0 Å². The molecule has 2 aliphatic heterocycles. The SMILES string of the molecule is CC.COc1ccc(C(OCC2OC(n3cc(C)c(=O)n(CCCCCNC(=O)C4CN(C(=O)CCC[N+](C)(C)C)CCN4C(=O)CCC[N+](C)(C)C)c3=O)CC2OP(OCCC#N)N(C(C)C)C(C)C)(c2ccccc2)c2ccc(OC)cc2)cc1. The molecule has 3 aromatic carbocycles. The summed E-state index contributed by atoms with van der Waals surface area (Å²) >= 11 is 0. The largest absolute Gasteiger partial charge is 0.497 e. The van der Waals surface area contributed by atoms with Crippen molar-refractivity contribution in [1.82, 2.24) is 28.9 Å². The number of hydrogen-bond donors (Lipinski definition) is 1. The number of aryl methyl sites for hydroxylation is 1. The second-order valence-electron chi connectivity index (χ2n) is 24.9. The van der Waals surface area contributed by atoms with E-state index in [-0.39, 0.29) is 75.5 Å². The van der Waals surface area contributed by atoms with Gasteiger partial charge in [-0.05, 0) is 94.8 Å². The van der Waals surface area contributed by atoms with E-state index in [2.05, 4.69) is 86.0 Å². The number of hydrogen-bond acceptors (Lipinski definition) is 13. The number of carbonyl (C=O) groups excluding carboxylic acids is 3. The van der Waals surface area contributed by atoms with Gasteiger partial charge in [0.25, 0.3) is 14.1 Å². The molecule has 1 N–H and O–H groups in total. The molecule has 0 saturated carbocycles. The van der Waals surface area contributed by atoms with Gasteiger partial charge in [-0.25, -0.2) is 9.46 Å². The van der Waals surface area contributed by atoms with Gasteiger partial charge in [-0.1, -0.05) is 68.4 Å². The van der Waals surface area contributed by atoms with Gasteiger partial charge in [0.2, 0.25) is 17.7 Å². The zero-order valence-electron chi connectivity index (χ0n) is 54.8. The molecule has 87 heavy (non-hydrogen) atoms. The van der Waals surface area contributed by atoms with Gasteiger partial charge in [0.1, 0.15) is 35.5 Å². The highest BCUT2D eigenvalue weighted by atomic mass is 31.2. The number of aromatic nitrogens is 2. The van der Waals surface area contributed by atoms with Gasteiger partial charge in [0, 0.05) is 82.1 Å². The number of unbranched alkanes of at least 4 members (excludes halogenated alkanes) is 2. The molecular weight excluding hydrogens is 1130 g/mol. The van der Waals surface area contributed by atoms with Gasteiger partial charge >= 0.3 is 5.69 Å². The molecule has 480 valence electrons. The second-order valence-corrected chi connectivity index (χ2v) is 26.3. The van der Waals surface area contributed by atoms with Crippen LogP contribution < -0.4 is 26.0 Å². The first-order valence-corrected chi connectivity index (χ1v) is 32.2. The Bertz CT molecular complexity index is 2880. The summed E-state index contributed by atoms with van der Waals surface area (Å²) in [5.74, 6) is 0.935. The molecule has 0 aliphatic carbocycles. The smallest absolute Gasteiger partial charge is 0.333 e. The molecule has 2 saturated heterocycles. The third kappa shape index (κ3) is 20.3. The minimum Gasteiger partial charge on any atom is -0.497 e. The summed E-state index contributed by atoms with van der Waals surface area (Å²) in [7, 11) is 14.0. The Morgan fingerprint density at radius 1 is 0.782 bits per heavy atom. The summed E-state index contributed by atoms with van der Waals surface area (Å²) in [6, 6.07) is 26.8. The lowest BCUT2D eigenvalue weighted by atomic mass is 9.80. The number of nitrogens with one attached hydrogen (secondary N) is 1. The summed E-state index contributed by atoms with van der Waals surface area (Å²) in [6.07, 6.45) is 3.21. The Kier molecular flexibility index (Phi) is 28.1. The van der Waals surface area contributed by atoms with Crippen molar-refractivity contribution in [3.8, 4) is 17.6 Å². The van der Waals surface area contributed by atoms with Crippen LogP contribution in [-0.2, 0) is 45.1 Å². The number of carbonyl (C=O) groups is 3. The number of amides is 3. The standard InChI is InChI=1S/C64H95N9O11P.C2H6/c1-47(2)71(48(3)4)85(82-42-22-35-65)84-56-43-60(83-57(56)46-81-64(50-23-16-14-17-24-50,51-27-31-53(79-12)32-28-51)52-29-33-54(80-13)34-30-52)70-44-49(5)62(77)69(63(70)78)37-19-15-18-36-66-61(76)55-45-67(58(74)25-20-40-72(6,7)8)38-39-68(55)59(75)26-21-41-73(9,10)11;1-2/h14,16-17,23-24,27-34,44,47-48,55-57,60H,15,18-22,25-26,36-43,45-46H2,1-13H3;1-2H3/q+1;/p+1. The fraction of sp³-hybridized carbons (Fsp3) is 0.606. The Labute approximate surface area is 519 Å². The molecule has 3 heterocycles. The van der Waals surface area contributed by atoms with Crippen LogP contribution in [0.15, 0.2) is 94.6 Å². The Hall–Kier alpha value is -6.01. The van der Waals surface area contributed by atoms with E-state index < -0.39 is 49.9 Å². The van der Waals surface area contributed by atoms with Crippen LogP contribution in [0, 0.1) is 18.3 Å². The zero-order chi connectivity index (χ0) is 64.1. The monoisotopic (exact) mass is 1230 g/mol. The van der Waals surface area contributed by atoms with E-state index in [0.29, 0.717) is 68.7 Å². The van der Waals surface area contributed by atoms with Crippen LogP contribution in [0.25, 0.3) is 0 Å². The molecule has 6 rings (SSSR count). The average molecular weight is 1230 g/mol. The van der Waals surface area contributed by atoms with Gasteiger partial charge < -0.3 is 52.1 Å². The number of quaternary nitrogens is 2. The molecule has 2 fully saturated rings. The van der Waals surface area contributed by atoms with Crippen molar-refractivity contribution in [2.75, 3.05) is 109 Å². The molecule has 20 nitrogen and oxygen atoms in total. The lowest BCUT2D eigenvalue weighted by Gasteiger charge is -2.41. The van der Waals surface area contributed by atoms with Crippen molar-refractivity contribution in [1.29, 1.82) is 5.26 Å². The van der Waals surface area contributed by atoms with Crippen LogP contribution >= 0.6 is 8.53 Å². The van der Waals surface area contributed by atoms with Crippen LogP contribution in [0.4, 0.5) is 0 Å². The normalized spacial score (nSPS) is 17.7. The van der Waals surface area contributed by atoms with Crippen molar-refractivity contribution >= 4 is 26.2 Å². The maximum Gasteiger partial charge on any atom is 0.333 e. The van der Waals surface area contributed by atoms with E-state index in [0.717, 1.165) is 45.2 Å². The van der Waals surface area contributed by atoms with Crippen LogP contribution in [0.2, 0.25) is 0 Å². The number of nitriles is 1. The highest BCUT2D eigenvalue weighted by Gasteiger charge is 2.46. The van der Waals surface area contributed by atoms with E-state index in [4.69, 9.17) is 28.0 Å². The number of piperazine rings is 1. The third-order valence-corrected chi connectivity index (χ3v) is 17.7. The molecule has 3 amide bonds. The van der Waals surface area contributed by atoms with Crippen LogP contribution in [-0.4, -0.2) is 190 Å². The predicted molar refractivity (Wildman–Crippen MR) is 341 cm³/mol. The molecule has 0 spiro atoms. The first-order chi connectivity index (χ1) is 41.4. The fourth-order valence-corrected chi connectivity index (χ4v) is 12.9. The lowest BCUT2D eigenvalue weighted by molar-refractivity contribution is -0.870. The van der Waals surface area contributed by atoms with Crippen molar-refractivity contribution in [2.45, 2.75) is 155 Å². The Balaban J connectivity index is 0.00000683. The molecule has 1 aromatic heterocycles. The van der Waals surface area contributed by atoms with Gasteiger partial charge in [-0.2, -0.15) is 5.26 Å². The minimum absolute atomic E-state index is 0.00314. The molecule has 0 radical (unpaired) electrons. The highest BCUT2D eigenvalue weighted by Crippen LogP contribution is 2.51. The maximum atomic E-state index is 14.7. The number of nitrogens with zero attached hydrogens (tertiary/aromatic N) is 8. The van der Waals surface area contributed by atoms with E-state index in [9.17, 15) is 29.2 Å². The van der Waals surface area contributed by atoms with Crippen LogP contribution in [0.1, 0.15) is 128 Å². The van der Waals surface area contributed by atoms with Crippen molar-refractivity contribution in [3.05, 3.63) is 128 Å². The highest BCUT2D eigenvalue weighted by molar-refractivity contribution is 7.44. The zero-order valence-corrected chi connectivity index (χ0v) is 55.7. The summed E-state index contributed by atoms with van der Waals surface area (Å²) in [4.78, 5) is 73.1. The average Bonchev–Trinajstić information content (AvgIpc) is 1.57. The third-order valence-electron chi connectivity index (χ3n) is 15.5. The maximum absolute atomic E-state index is 14.7. The molecule has 0 bridgehead atoms. The molecule has 5 atom stereocenters. The van der Waals surface area contributed by atoms with E-state index in [1.54, 1.807) is 37.1 Å². The predicted octanol–water partition coefficient (Wildman–Crippen LogP) is 8.62. The Morgan fingerprint density at radius 3 is 1.89 bits per heavy atom. The summed E-state index contributed by atoms with van der Waals surface area (Å²) in [5, 5.41) is 12.6. The summed E-state index contributed by atoms with van der Waals surface area (Å²) in [6.45, 7) is 17.0. The van der Waals surface area contributed by atoms with E-state index in [1.165, 1.54) is 9.13 Å². The Morgan fingerprint density at radius 2 is 1.34 bits per heavy atom. The second kappa shape index (κ2) is 34.1. The van der Waals surface area contributed by atoms with E-state index in [1.807, 2.05) is 92.7 Å². The van der Waals surface area contributed by atoms with Crippen LogP contribution in [0.3, 0.4) is 0 Å². The number of rotatable bonds is 32. The number of ether oxygens (including phenoxy) is 4. The van der Waals surface area contributed by atoms with Gasteiger partial charge in [0.15, 0.2) is 0 Å². The molecular formula is C66H102N9O11P+2. The fourth-order valence-electron chi connectivity index (χ4n) is 11.1. The van der Waals surface area contributed by atoms with Gasteiger partial charge in [0.05, 0.1) is 108 Å². The summed E-state index contributed by atoms with van der Waals surface area (Å²) in [5.41, 5.74) is 0.672. The minimum atomic E-state index is -1.77. The number of methoxy groups -OCH3 is 2. The molecule has 5 unspecified atom stereocenters. The quantitative estimate of drug-likeness (QED) is 0.0211. The molecule has 2 aliphatic rings. The molecule has 21 heteroatoms. The topological polar surface area (TPSA) is 196 Å². The van der Waals surface area contributed by atoms with Gasteiger partial charge in [-0.3, -0.25) is 28.3 Å². The first-order valence-electron chi connectivity index (χ1n) is 31.1. The van der Waals surface area contributed by atoms with Crippen molar-refractivity contribution < 1.29 is 51.3 Å². The number of benzene rings is 3. The van der Waals surface area contributed by atoms with Crippen LogP contribution in [0.5, 0.6) is 11.5 Å². The van der Waals surface area contributed by atoms with Gasteiger partial charge in [-0.15, -0.1) is 0 Å². The first kappa shape index (κ1) is 71.7. The lowest BCUT2D eigenvalue weighted by Crippen LogP contribution is -2.61.